The van der Waals surface area contributed by atoms with E-state index in [1.807, 2.05) is 12.1 Å². The van der Waals surface area contributed by atoms with Gasteiger partial charge < -0.3 is 10.1 Å². The summed E-state index contributed by atoms with van der Waals surface area (Å²) in [5, 5.41) is 3.59. The zero-order chi connectivity index (χ0) is 15.4. The van der Waals surface area contributed by atoms with E-state index < -0.39 is 0 Å². The van der Waals surface area contributed by atoms with Crippen molar-refractivity contribution in [3.05, 3.63) is 35.4 Å². The molecule has 1 aromatic rings. The van der Waals surface area contributed by atoms with E-state index in [1.165, 1.54) is 44.8 Å². The summed E-state index contributed by atoms with van der Waals surface area (Å²) in [4.78, 5) is 14.2. The van der Waals surface area contributed by atoms with Crippen LogP contribution in [-0.2, 0) is 11.3 Å². The van der Waals surface area contributed by atoms with Crippen LogP contribution in [0.3, 0.4) is 0 Å². The molecule has 1 aliphatic heterocycles. The van der Waals surface area contributed by atoms with Crippen LogP contribution in [0.15, 0.2) is 24.3 Å². The molecule has 0 atom stereocenters. The molecule has 120 valence electrons. The van der Waals surface area contributed by atoms with E-state index in [0.29, 0.717) is 11.1 Å². The molecule has 4 nitrogen and oxygen atoms in total. The first-order chi connectivity index (χ1) is 10.7. The molecular weight excluding hydrogens is 276 g/mol. The smallest absolute Gasteiger partial charge is 0.337 e. The van der Waals surface area contributed by atoms with Gasteiger partial charge in [-0.15, -0.1) is 0 Å². The molecule has 4 heteroatoms. The van der Waals surface area contributed by atoms with Gasteiger partial charge in [-0.25, -0.2) is 4.79 Å². The second kappa shape index (κ2) is 6.80. The largest absolute Gasteiger partial charge is 0.465 e. The molecule has 0 amide bonds. The monoisotopic (exact) mass is 302 g/mol. The minimum atomic E-state index is -0.266. The third kappa shape index (κ3) is 3.18. The number of benzene rings is 1. The van der Waals surface area contributed by atoms with Gasteiger partial charge in [0.15, 0.2) is 0 Å². The molecule has 0 unspecified atom stereocenters. The van der Waals surface area contributed by atoms with E-state index in [2.05, 4.69) is 22.3 Å². The summed E-state index contributed by atoms with van der Waals surface area (Å²) in [6.07, 6.45) is 6.68. The number of hydrogen-bond acceptors (Lipinski definition) is 4. The number of nitrogens with zero attached hydrogens (tertiary/aromatic N) is 1. The van der Waals surface area contributed by atoms with Gasteiger partial charge in [0.25, 0.3) is 0 Å². The Morgan fingerprint density at radius 2 is 1.95 bits per heavy atom. The number of carbonyl (C=O) groups is 1. The highest BCUT2D eigenvalue weighted by Gasteiger charge is 2.39. The molecule has 1 N–H and O–H groups in total. The van der Waals surface area contributed by atoms with Gasteiger partial charge in [0.05, 0.1) is 12.7 Å². The van der Waals surface area contributed by atoms with Crippen LogP contribution in [0.2, 0.25) is 0 Å². The lowest BCUT2D eigenvalue weighted by atomic mass is 9.79. The first kappa shape index (κ1) is 15.5. The molecule has 1 aliphatic carbocycles. The van der Waals surface area contributed by atoms with Crippen molar-refractivity contribution < 1.29 is 9.53 Å². The fraction of sp³-hybridized carbons (Fsp3) is 0.611. The summed E-state index contributed by atoms with van der Waals surface area (Å²) in [6, 6.07) is 7.86. The number of rotatable bonds is 3. The molecule has 1 spiro atoms. The summed E-state index contributed by atoms with van der Waals surface area (Å²) in [6.45, 7) is 4.27. The van der Waals surface area contributed by atoms with E-state index in [-0.39, 0.29) is 5.97 Å². The number of piperazine rings is 1. The Labute approximate surface area is 132 Å². The number of methoxy groups -OCH3 is 1. The number of ether oxygens (including phenoxy) is 1. The highest BCUT2D eigenvalue weighted by atomic mass is 16.5. The SMILES string of the molecule is COC(=O)c1ccc(CN2CCNCC23CCCCC3)cc1. The van der Waals surface area contributed by atoms with E-state index in [9.17, 15) is 4.79 Å². The molecule has 1 aromatic carbocycles. The molecule has 1 saturated carbocycles. The van der Waals surface area contributed by atoms with E-state index in [0.717, 1.165) is 26.2 Å². The van der Waals surface area contributed by atoms with Gasteiger partial charge in [-0.3, -0.25) is 4.90 Å². The van der Waals surface area contributed by atoms with E-state index >= 15 is 0 Å². The van der Waals surface area contributed by atoms with Crippen LogP contribution in [0.1, 0.15) is 48.0 Å². The van der Waals surface area contributed by atoms with Crippen LogP contribution in [0.4, 0.5) is 0 Å². The lowest BCUT2D eigenvalue weighted by Crippen LogP contribution is -2.61. The van der Waals surface area contributed by atoms with Gasteiger partial charge >= 0.3 is 5.97 Å². The lowest BCUT2D eigenvalue weighted by Gasteiger charge is -2.50. The number of hydrogen-bond donors (Lipinski definition) is 1. The van der Waals surface area contributed by atoms with Crippen LogP contribution in [0.5, 0.6) is 0 Å². The first-order valence-corrected chi connectivity index (χ1v) is 8.37. The molecule has 2 aliphatic rings. The average Bonchev–Trinajstić information content (AvgIpc) is 2.58. The second-order valence-electron chi connectivity index (χ2n) is 6.57. The van der Waals surface area contributed by atoms with Crippen molar-refractivity contribution in [2.75, 3.05) is 26.7 Å². The van der Waals surface area contributed by atoms with E-state index in [4.69, 9.17) is 4.74 Å². The normalized spacial score (nSPS) is 21.7. The predicted molar refractivity (Wildman–Crippen MR) is 86.9 cm³/mol. The van der Waals surface area contributed by atoms with Crippen molar-refractivity contribution in [3.8, 4) is 0 Å². The Hall–Kier alpha value is -1.39. The summed E-state index contributed by atoms with van der Waals surface area (Å²) >= 11 is 0. The van der Waals surface area contributed by atoms with Gasteiger partial charge in [-0.2, -0.15) is 0 Å². The Bertz CT molecular complexity index is 498. The zero-order valence-corrected chi connectivity index (χ0v) is 13.4. The minimum Gasteiger partial charge on any atom is -0.465 e. The van der Waals surface area contributed by atoms with Crippen molar-refractivity contribution in [2.45, 2.75) is 44.2 Å². The maximum absolute atomic E-state index is 11.5. The Kier molecular flexibility index (Phi) is 4.79. The number of carbonyl (C=O) groups excluding carboxylic acids is 1. The third-order valence-corrected chi connectivity index (χ3v) is 5.22. The maximum atomic E-state index is 11.5. The molecule has 0 aromatic heterocycles. The molecule has 0 bridgehead atoms. The fourth-order valence-corrected chi connectivity index (χ4v) is 3.92. The molecule has 2 fully saturated rings. The number of esters is 1. The number of nitrogens with one attached hydrogen (secondary N) is 1. The first-order valence-electron chi connectivity index (χ1n) is 8.37. The van der Waals surface area contributed by atoms with Crippen LogP contribution < -0.4 is 5.32 Å². The van der Waals surface area contributed by atoms with Crippen LogP contribution in [0, 0.1) is 0 Å². The van der Waals surface area contributed by atoms with Crippen LogP contribution in [0.25, 0.3) is 0 Å². The summed E-state index contributed by atoms with van der Waals surface area (Å²) in [5.74, 6) is -0.266. The Morgan fingerprint density at radius 3 is 2.64 bits per heavy atom. The summed E-state index contributed by atoms with van der Waals surface area (Å²) < 4.78 is 4.76. The average molecular weight is 302 g/mol. The van der Waals surface area contributed by atoms with Crippen LogP contribution in [-0.4, -0.2) is 43.2 Å². The van der Waals surface area contributed by atoms with Crippen LogP contribution >= 0.6 is 0 Å². The second-order valence-corrected chi connectivity index (χ2v) is 6.57. The van der Waals surface area contributed by atoms with Crippen molar-refractivity contribution in [1.29, 1.82) is 0 Å². The standard InChI is InChI=1S/C18H26N2O2/c1-22-17(21)16-7-5-15(6-8-16)13-20-12-11-19-14-18(20)9-3-2-4-10-18/h5-8,19H,2-4,9-14H2,1H3. The topological polar surface area (TPSA) is 41.6 Å². The minimum absolute atomic E-state index is 0.266. The van der Waals surface area contributed by atoms with Crippen molar-refractivity contribution in [1.82, 2.24) is 10.2 Å². The molecular formula is C18H26N2O2. The van der Waals surface area contributed by atoms with Gasteiger partial charge in [0.1, 0.15) is 0 Å². The maximum Gasteiger partial charge on any atom is 0.337 e. The highest BCUT2D eigenvalue weighted by Crippen LogP contribution is 2.35. The highest BCUT2D eigenvalue weighted by molar-refractivity contribution is 5.89. The van der Waals surface area contributed by atoms with Crippen molar-refractivity contribution in [2.24, 2.45) is 0 Å². The van der Waals surface area contributed by atoms with Crippen molar-refractivity contribution >= 4 is 5.97 Å². The van der Waals surface area contributed by atoms with Gasteiger partial charge in [-0.05, 0) is 30.5 Å². The summed E-state index contributed by atoms with van der Waals surface area (Å²) in [7, 11) is 1.42. The molecule has 3 rings (SSSR count). The van der Waals surface area contributed by atoms with Gasteiger partial charge in [0.2, 0.25) is 0 Å². The molecule has 22 heavy (non-hydrogen) atoms. The third-order valence-electron chi connectivity index (χ3n) is 5.22. The zero-order valence-electron chi connectivity index (χ0n) is 13.4. The summed E-state index contributed by atoms with van der Waals surface area (Å²) in [5.41, 5.74) is 2.25. The molecule has 1 saturated heterocycles. The molecule has 0 radical (unpaired) electrons. The van der Waals surface area contributed by atoms with Gasteiger partial charge in [-0.1, -0.05) is 31.4 Å². The molecule has 1 heterocycles. The van der Waals surface area contributed by atoms with Gasteiger partial charge in [0, 0.05) is 31.7 Å². The fourth-order valence-electron chi connectivity index (χ4n) is 3.92. The Morgan fingerprint density at radius 1 is 1.23 bits per heavy atom. The predicted octanol–water partition coefficient (Wildman–Crippen LogP) is 2.58. The lowest BCUT2D eigenvalue weighted by molar-refractivity contribution is 0.0209. The van der Waals surface area contributed by atoms with E-state index in [1.54, 1.807) is 0 Å². The quantitative estimate of drug-likeness (QED) is 0.872. The van der Waals surface area contributed by atoms with Crippen molar-refractivity contribution in [3.63, 3.8) is 0 Å². The Balaban J connectivity index is 1.71.